The average Bonchev–Trinajstić information content (AvgIpc) is 3.26. The normalized spacial score (nSPS) is 24.9. The van der Waals surface area contributed by atoms with Crippen LogP contribution in [0.5, 0.6) is 0 Å². The molecule has 0 saturated heterocycles. The summed E-state index contributed by atoms with van der Waals surface area (Å²) in [5.41, 5.74) is 0.647. The molecule has 34 heavy (non-hydrogen) atoms. The lowest BCUT2D eigenvalue weighted by Gasteiger charge is -2.39. The lowest BCUT2D eigenvalue weighted by Crippen LogP contribution is -2.47. The molecule has 188 valence electrons. The molecule has 0 aliphatic heterocycles. The Balaban J connectivity index is 1.94. The molecule has 1 N–H and O–H groups in total. The molecule has 7 heteroatoms. The molecule has 2 aliphatic rings. The van der Waals surface area contributed by atoms with Crippen molar-refractivity contribution >= 4 is 28.9 Å². The zero-order valence-corrected chi connectivity index (χ0v) is 21.8. The highest BCUT2D eigenvalue weighted by Gasteiger charge is 2.37. The molecule has 2 saturated carbocycles. The standard InChI is InChI=1S/C27H39NO5S/c1-18(2)5-14-23-17-24(25(34-23)27(31)32-4)28(26(30)20-8-6-19(3)7-9-20)21-10-12-22(13-11-21)33-16-15-29/h17-22,29H,6-13,15-16H2,1-4H3/t19-,20-,21-,22-. The van der Waals surface area contributed by atoms with E-state index in [1.165, 1.54) is 18.4 Å². The Morgan fingerprint density at radius 3 is 2.41 bits per heavy atom. The van der Waals surface area contributed by atoms with E-state index < -0.39 is 5.97 Å². The first-order valence-electron chi connectivity index (χ1n) is 12.6. The Hall–Kier alpha value is -1.88. The molecule has 1 amide bonds. The number of methoxy groups -OCH3 is 1. The predicted octanol–water partition coefficient (Wildman–Crippen LogP) is 5.02. The summed E-state index contributed by atoms with van der Waals surface area (Å²) in [6.45, 7) is 6.66. The van der Waals surface area contributed by atoms with E-state index in [-0.39, 0.29) is 36.5 Å². The van der Waals surface area contributed by atoms with Gasteiger partial charge in [-0.05, 0) is 63.4 Å². The van der Waals surface area contributed by atoms with Gasteiger partial charge in [-0.25, -0.2) is 4.79 Å². The number of thiophene rings is 1. The SMILES string of the molecule is COC(=O)c1sc(C#CC(C)C)cc1N(C(=O)[C@H]1CC[C@H](C)CC1)[C@H]1CC[C@H](OCCO)CC1. The summed E-state index contributed by atoms with van der Waals surface area (Å²) in [6, 6.07) is 1.91. The molecule has 1 aromatic heterocycles. The van der Waals surface area contributed by atoms with Crippen LogP contribution in [0.15, 0.2) is 6.07 Å². The molecule has 1 aromatic rings. The van der Waals surface area contributed by atoms with Gasteiger partial charge in [0.15, 0.2) is 0 Å². The summed E-state index contributed by atoms with van der Waals surface area (Å²) in [4.78, 5) is 29.9. The minimum Gasteiger partial charge on any atom is -0.465 e. The van der Waals surface area contributed by atoms with Crippen LogP contribution in [0, 0.1) is 29.6 Å². The number of carbonyl (C=O) groups is 2. The molecule has 6 nitrogen and oxygen atoms in total. The van der Waals surface area contributed by atoms with Gasteiger partial charge in [-0.2, -0.15) is 0 Å². The first-order chi connectivity index (χ1) is 16.3. The lowest BCUT2D eigenvalue weighted by atomic mass is 9.81. The third-order valence-corrected chi connectivity index (χ3v) is 7.90. The number of amides is 1. The summed E-state index contributed by atoms with van der Waals surface area (Å²) >= 11 is 1.31. The Labute approximate surface area is 208 Å². The molecule has 0 unspecified atom stereocenters. The van der Waals surface area contributed by atoms with Crippen LogP contribution in [0.4, 0.5) is 5.69 Å². The maximum Gasteiger partial charge on any atom is 0.350 e. The third-order valence-electron chi connectivity index (χ3n) is 6.88. The number of hydrogen-bond donors (Lipinski definition) is 1. The number of esters is 1. The molecule has 0 bridgehead atoms. The van der Waals surface area contributed by atoms with Crippen LogP contribution in [0.1, 0.15) is 86.7 Å². The van der Waals surface area contributed by atoms with E-state index in [4.69, 9.17) is 14.6 Å². The van der Waals surface area contributed by atoms with E-state index in [9.17, 15) is 9.59 Å². The van der Waals surface area contributed by atoms with Gasteiger partial charge in [0.2, 0.25) is 5.91 Å². The van der Waals surface area contributed by atoms with Crippen LogP contribution >= 0.6 is 11.3 Å². The van der Waals surface area contributed by atoms with E-state index in [1.54, 1.807) is 0 Å². The number of rotatable bonds is 7. The van der Waals surface area contributed by atoms with Crippen molar-refractivity contribution in [1.82, 2.24) is 0 Å². The van der Waals surface area contributed by atoms with Crippen molar-refractivity contribution in [2.45, 2.75) is 84.3 Å². The highest BCUT2D eigenvalue weighted by atomic mass is 32.1. The van der Waals surface area contributed by atoms with Crippen molar-refractivity contribution in [3.8, 4) is 11.8 Å². The van der Waals surface area contributed by atoms with Gasteiger partial charge < -0.3 is 19.5 Å². The first kappa shape index (κ1) is 26.7. The molecule has 0 radical (unpaired) electrons. The zero-order valence-electron chi connectivity index (χ0n) is 21.0. The van der Waals surface area contributed by atoms with Crippen LogP contribution in [0.25, 0.3) is 0 Å². The van der Waals surface area contributed by atoms with Gasteiger partial charge in [-0.1, -0.05) is 32.6 Å². The van der Waals surface area contributed by atoms with E-state index in [1.807, 2.05) is 24.8 Å². The number of anilines is 1. The quantitative estimate of drug-likeness (QED) is 0.430. The van der Waals surface area contributed by atoms with Crippen molar-refractivity contribution in [2.75, 3.05) is 25.2 Å². The lowest BCUT2D eigenvalue weighted by molar-refractivity contribution is -0.124. The predicted molar refractivity (Wildman–Crippen MR) is 135 cm³/mol. The fraction of sp³-hybridized carbons (Fsp3) is 0.704. The summed E-state index contributed by atoms with van der Waals surface area (Å²) in [5, 5.41) is 9.08. The molecule has 3 rings (SSSR count). The summed E-state index contributed by atoms with van der Waals surface area (Å²) in [6.07, 6.45) is 7.26. The number of hydrogen-bond acceptors (Lipinski definition) is 6. The number of nitrogens with zero attached hydrogens (tertiary/aromatic N) is 1. The van der Waals surface area contributed by atoms with Crippen molar-refractivity contribution < 1.29 is 24.2 Å². The van der Waals surface area contributed by atoms with Gasteiger partial charge in [-0.15, -0.1) is 11.3 Å². The van der Waals surface area contributed by atoms with E-state index in [0.29, 0.717) is 23.1 Å². The average molecular weight is 490 g/mol. The topological polar surface area (TPSA) is 76.1 Å². The molecule has 2 fully saturated rings. The van der Waals surface area contributed by atoms with Crippen molar-refractivity contribution in [1.29, 1.82) is 0 Å². The smallest absolute Gasteiger partial charge is 0.350 e. The van der Waals surface area contributed by atoms with Gasteiger partial charge >= 0.3 is 5.97 Å². The fourth-order valence-electron chi connectivity index (χ4n) is 4.96. The van der Waals surface area contributed by atoms with Gasteiger partial charge in [0.1, 0.15) is 4.88 Å². The summed E-state index contributed by atoms with van der Waals surface area (Å²) < 4.78 is 10.8. The Morgan fingerprint density at radius 2 is 1.82 bits per heavy atom. The van der Waals surface area contributed by atoms with Crippen LogP contribution < -0.4 is 4.90 Å². The molecular weight excluding hydrogens is 450 g/mol. The Morgan fingerprint density at radius 1 is 1.15 bits per heavy atom. The second-order valence-electron chi connectivity index (χ2n) is 9.93. The molecule has 0 spiro atoms. The third kappa shape index (κ3) is 6.84. The molecule has 2 aliphatic carbocycles. The van der Waals surface area contributed by atoms with Crippen LogP contribution in [-0.2, 0) is 14.3 Å². The maximum absolute atomic E-state index is 14.0. The highest BCUT2D eigenvalue weighted by molar-refractivity contribution is 7.15. The van der Waals surface area contributed by atoms with Gasteiger partial charge in [0.05, 0.1) is 37.0 Å². The number of aliphatic hydroxyl groups is 1. The fourth-order valence-corrected chi connectivity index (χ4v) is 5.89. The monoisotopic (exact) mass is 489 g/mol. The summed E-state index contributed by atoms with van der Waals surface area (Å²) in [7, 11) is 1.38. The van der Waals surface area contributed by atoms with Gasteiger partial charge in [-0.3, -0.25) is 4.79 Å². The minimum atomic E-state index is -0.423. The van der Waals surface area contributed by atoms with Crippen molar-refractivity contribution in [3.05, 3.63) is 15.8 Å². The van der Waals surface area contributed by atoms with Gasteiger partial charge in [0.25, 0.3) is 0 Å². The number of aliphatic hydroxyl groups excluding tert-OH is 1. The zero-order chi connectivity index (χ0) is 24.7. The largest absolute Gasteiger partial charge is 0.465 e. The van der Waals surface area contributed by atoms with E-state index in [2.05, 4.69) is 18.8 Å². The Bertz CT molecular complexity index is 883. The van der Waals surface area contributed by atoms with Gasteiger partial charge in [0, 0.05) is 17.9 Å². The highest BCUT2D eigenvalue weighted by Crippen LogP contribution is 2.39. The molecule has 0 atom stereocenters. The van der Waals surface area contributed by atoms with Crippen molar-refractivity contribution in [3.63, 3.8) is 0 Å². The second-order valence-corrected chi connectivity index (χ2v) is 11.0. The van der Waals surface area contributed by atoms with Crippen LogP contribution in [0.3, 0.4) is 0 Å². The Kier molecular flexibility index (Phi) is 9.99. The first-order valence-corrected chi connectivity index (χ1v) is 13.4. The number of carbonyl (C=O) groups excluding carboxylic acids is 2. The maximum atomic E-state index is 14.0. The van der Waals surface area contributed by atoms with E-state index >= 15 is 0 Å². The summed E-state index contributed by atoms with van der Waals surface area (Å²) in [5.74, 6) is 6.89. The number of ether oxygens (including phenoxy) is 2. The molecular formula is C27H39NO5S. The van der Waals surface area contributed by atoms with Crippen LogP contribution in [0.2, 0.25) is 0 Å². The van der Waals surface area contributed by atoms with Crippen molar-refractivity contribution in [2.24, 2.45) is 17.8 Å². The van der Waals surface area contributed by atoms with Crippen LogP contribution in [-0.4, -0.2) is 49.5 Å². The molecule has 0 aromatic carbocycles. The van der Waals surface area contributed by atoms with E-state index in [0.717, 1.165) is 56.2 Å². The second kappa shape index (κ2) is 12.7. The molecule has 1 heterocycles. The minimum absolute atomic E-state index is 0.00439.